The van der Waals surface area contributed by atoms with Crippen LogP contribution >= 0.6 is 11.8 Å². The fraction of sp³-hybridized carbons (Fsp3) is 1.00. The molecule has 3 fully saturated rings. The van der Waals surface area contributed by atoms with Gasteiger partial charge >= 0.3 is 0 Å². The average Bonchev–Trinajstić information content (AvgIpc) is 2.90. The number of nitrogens with one attached hydrogen (secondary N) is 5. The molecular formula is C13H27FN6S. The molecule has 122 valence electrons. The highest BCUT2D eigenvalue weighted by Crippen LogP contribution is 2.29. The van der Waals surface area contributed by atoms with E-state index in [1.807, 2.05) is 11.8 Å². The van der Waals surface area contributed by atoms with Gasteiger partial charge < -0.3 is 11.1 Å². The van der Waals surface area contributed by atoms with Crippen LogP contribution in [0.2, 0.25) is 0 Å². The molecule has 0 aromatic rings. The van der Waals surface area contributed by atoms with E-state index in [1.54, 1.807) is 0 Å². The van der Waals surface area contributed by atoms with Gasteiger partial charge in [-0.15, -0.1) is 11.8 Å². The number of fused-ring (bicyclic) bond motifs is 1. The maximum Gasteiger partial charge on any atom is 0.117 e. The Morgan fingerprint density at radius 1 is 1.29 bits per heavy atom. The summed E-state index contributed by atoms with van der Waals surface area (Å²) < 4.78 is 13.9. The predicted octanol–water partition coefficient (Wildman–Crippen LogP) is -1.15. The first kappa shape index (κ1) is 15.9. The van der Waals surface area contributed by atoms with Crippen LogP contribution in [-0.2, 0) is 0 Å². The summed E-state index contributed by atoms with van der Waals surface area (Å²) in [7, 11) is 0. The van der Waals surface area contributed by atoms with Crippen molar-refractivity contribution in [1.82, 2.24) is 26.6 Å². The molecule has 6 nitrogen and oxygen atoms in total. The second kappa shape index (κ2) is 7.54. The molecule has 0 aliphatic carbocycles. The van der Waals surface area contributed by atoms with Crippen LogP contribution in [-0.4, -0.2) is 61.5 Å². The van der Waals surface area contributed by atoms with E-state index in [-0.39, 0.29) is 12.2 Å². The Morgan fingerprint density at radius 3 is 3.00 bits per heavy atom. The molecule has 6 atom stereocenters. The number of piperidine rings is 1. The standard InChI is InChI=1S/C13H27FN6S/c14-8-2-1-5-16-9(8)6-17-12-11-13(19-7-18-12)21-10(20-11)3-4-15/h8-13,16-20H,1-7,15H2. The molecule has 6 unspecified atom stereocenters. The van der Waals surface area contributed by atoms with Gasteiger partial charge in [-0.05, 0) is 32.4 Å². The summed E-state index contributed by atoms with van der Waals surface area (Å²) in [4.78, 5) is 0. The molecular weight excluding hydrogens is 291 g/mol. The zero-order valence-corrected chi connectivity index (χ0v) is 13.1. The molecule has 0 amide bonds. The third-order valence-corrected chi connectivity index (χ3v) is 5.94. The second-order valence-electron chi connectivity index (χ2n) is 6.00. The average molecular weight is 318 g/mol. The van der Waals surface area contributed by atoms with Gasteiger partial charge in [0.2, 0.25) is 0 Å². The van der Waals surface area contributed by atoms with Gasteiger partial charge in [-0.1, -0.05) is 0 Å². The topological polar surface area (TPSA) is 86.2 Å². The van der Waals surface area contributed by atoms with Gasteiger partial charge in [0, 0.05) is 13.2 Å². The summed E-state index contributed by atoms with van der Waals surface area (Å²) in [6.45, 7) is 3.06. The molecule has 0 saturated carbocycles. The quantitative estimate of drug-likeness (QED) is 0.382. The number of thioether (sulfide) groups is 1. The van der Waals surface area contributed by atoms with Gasteiger partial charge in [-0.25, -0.2) is 4.39 Å². The molecule has 3 aliphatic rings. The fourth-order valence-electron chi connectivity index (χ4n) is 3.31. The molecule has 0 radical (unpaired) electrons. The third-order valence-electron chi connectivity index (χ3n) is 4.49. The van der Waals surface area contributed by atoms with Crippen LogP contribution in [0.25, 0.3) is 0 Å². The Kier molecular flexibility index (Phi) is 5.72. The number of hydrogen-bond donors (Lipinski definition) is 6. The van der Waals surface area contributed by atoms with E-state index in [1.165, 1.54) is 0 Å². The number of nitrogens with two attached hydrogens (primary N) is 1. The van der Waals surface area contributed by atoms with Crippen molar-refractivity contribution in [3.05, 3.63) is 0 Å². The van der Waals surface area contributed by atoms with Gasteiger partial charge in [-0.3, -0.25) is 21.3 Å². The van der Waals surface area contributed by atoms with Crippen LogP contribution in [0.5, 0.6) is 0 Å². The smallest absolute Gasteiger partial charge is 0.117 e. The number of alkyl halides is 1. The minimum absolute atomic E-state index is 0.0669. The van der Waals surface area contributed by atoms with E-state index in [9.17, 15) is 4.39 Å². The Hall–Kier alpha value is 0.0400. The SMILES string of the molecule is NCCC1NC2C(NCC3NCCCC3F)NCNC2S1. The van der Waals surface area contributed by atoms with Crippen molar-refractivity contribution in [3.8, 4) is 0 Å². The molecule has 0 bridgehead atoms. The van der Waals surface area contributed by atoms with Crippen LogP contribution in [0.4, 0.5) is 4.39 Å². The molecule has 3 saturated heterocycles. The molecule has 0 spiro atoms. The summed E-state index contributed by atoms with van der Waals surface area (Å²) >= 11 is 1.91. The number of hydrogen-bond acceptors (Lipinski definition) is 7. The summed E-state index contributed by atoms with van der Waals surface area (Å²) in [5, 5.41) is 18.1. The first-order valence-corrected chi connectivity index (χ1v) is 8.91. The molecule has 0 aromatic heterocycles. The number of rotatable bonds is 5. The van der Waals surface area contributed by atoms with Crippen LogP contribution < -0.4 is 32.3 Å². The monoisotopic (exact) mass is 318 g/mol. The lowest BCUT2D eigenvalue weighted by molar-refractivity contribution is 0.179. The predicted molar refractivity (Wildman–Crippen MR) is 84.6 cm³/mol. The van der Waals surface area contributed by atoms with Crippen molar-refractivity contribution in [1.29, 1.82) is 0 Å². The molecule has 7 N–H and O–H groups in total. The Balaban J connectivity index is 1.50. The highest BCUT2D eigenvalue weighted by molar-refractivity contribution is 8.00. The summed E-state index contributed by atoms with van der Waals surface area (Å²) in [6.07, 6.45) is 2.02. The molecule has 0 aromatic carbocycles. The summed E-state index contributed by atoms with van der Waals surface area (Å²) in [5.74, 6) is 0. The van der Waals surface area contributed by atoms with E-state index in [2.05, 4.69) is 26.6 Å². The lowest BCUT2D eigenvalue weighted by atomic mass is 10.0. The first-order chi connectivity index (χ1) is 10.3. The van der Waals surface area contributed by atoms with Crippen molar-refractivity contribution in [2.45, 2.75) is 54.4 Å². The summed E-state index contributed by atoms with van der Waals surface area (Å²) in [6, 6.07) is 0.240. The lowest BCUT2D eigenvalue weighted by Gasteiger charge is -2.37. The Morgan fingerprint density at radius 2 is 2.19 bits per heavy atom. The highest BCUT2D eigenvalue weighted by Gasteiger charge is 2.41. The van der Waals surface area contributed by atoms with E-state index in [4.69, 9.17) is 5.73 Å². The Labute approximate surface area is 129 Å². The fourth-order valence-corrected chi connectivity index (χ4v) is 4.76. The van der Waals surface area contributed by atoms with Crippen molar-refractivity contribution in [3.63, 3.8) is 0 Å². The largest absolute Gasteiger partial charge is 0.330 e. The maximum absolute atomic E-state index is 13.9. The van der Waals surface area contributed by atoms with Gasteiger partial charge in [0.1, 0.15) is 6.17 Å². The third kappa shape index (κ3) is 3.87. The van der Waals surface area contributed by atoms with Crippen molar-refractivity contribution < 1.29 is 4.39 Å². The minimum Gasteiger partial charge on any atom is -0.330 e. The van der Waals surface area contributed by atoms with E-state index in [0.717, 1.165) is 26.1 Å². The van der Waals surface area contributed by atoms with Crippen molar-refractivity contribution >= 4 is 11.8 Å². The minimum atomic E-state index is -0.736. The lowest BCUT2D eigenvalue weighted by Crippen LogP contribution is -2.67. The van der Waals surface area contributed by atoms with Crippen molar-refractivity contribution in [2.75, 3.05) is 26.3 Å². The van der Waals surface area contributed by atoms with Gasteiger partial charge in [0.25, 0.3) is 0 Å². The molecule has 21 heavy (non-hydrogen) atoms. The number of halogens is 1. The van der Waals surface area contributed by atoms with Gasteiger partial charge in [-0.2, -0.15) is 0 Å². The second-order valence-corrected chi connectivity index (χ2v) is 7.35. The van der Waals surface area contributed by atoms with Crippen LogP contribution in [0.1, 0.15) is 19.3 Å². The van der Waals surface area contributed by atoms with E-state index in [0.29, 0.717) is 36.3 Å². The van der Waals surface area contributed by atoms with Crippen LogP contribution in [0.3, 0.4) is 0 Å². The molecule has 3 aliphatic heterocycles. The van der Waals surface area contributed by atoms with Gasteiger partial charge in [0.05, 0.1) is 29.0 Å². The van der Waals surface area contributed by atoms with Crippen molar-refractivity contribution in [2.24, 2.45) is 5.73 Å². The summed E-state index contributed by atoms with van der Waals surface area (Å²) in [5.41, 5.74) is 5.65. The van der Waals surface area contributed by atoms with E-state index < -0.39 is 6.17 Å². The van der Waals surface area contributed by atoms with Gasteiger partial charge in [0.15, 0.2) is 0 Å². The van der Waals surface area contributed by atoms with E-state index >= 15 is 0 Å². The zero-order chi connectivity index (χ0) is 14.7. The zero-order valence-electron chi connectivity index (χ0n) is 12.3. The maximum atomic E-state index is 13.9. The normalized spacial score (nSPS) is 43.7. The van der Waals surface area contributed by atoms with Crippen LogP contribution in [0.15, 0.2) is 0 Å². The first-order valence-electron chi connectivity index (χ1n) is 7.97. The highest BCUT2D eigenvalue weighted by atomic mass is 32.2. The van der Waals surface area contributed by atoms with Crippen LogP contribution in [0, 0.1) is 0 Å². The Bertz CT molecular complexity index is 336. The molecule has 8 heteroatoms. The molecule has 3 rings (SSSR count). The molecule has 3 heterocycles.